The first kappa shape index (κ1) is 21.8. The molecule has 3 aromatic rings. The number of para-hydroxylation sites is 2. The van der Waals surface area contributed by atoms with Crippen molar-refractivity contribution in [2.45, 2.75) is 39.4 Å². The quantitative estimate of drug-likeness (QED) is 0.513. The van der Waals surface area contributed by atoms with Gasteiger partial charge in [0.15, 0.2) is 17.3 Å². The van der Waals surface area contributed by atoms with Crippen molar-refractivity contribution in [2.75, 3.05) is 20.2 Å². The predicted octanol–water partition coefficient (Wildman–Crippen LogP) is 5.17. The summed E-state index contributed by atoms with van der Waals surface area (Å²) < 4.78 is 23.0. The number of likely N-dealkylation sites (tertiary alicyclic amines) is 1. The summed E-state index contributed by atoms with van der Waals surface area (Å²) in [5.41, 5.74) is 2.31. The lowest BCUT2D eigenvalue weighted by atomic mass is 10.1. The van der Waals surface area contributed by atoms with Gasteiger partial charge in [0, 0.05) is 25.9 Å². The molecule has 1 aliphatic rings. The van der Waals surface area contributed by atoms with Crippen LogP contribution in [0.1, 0.15) is 40.3 Å². The van der Waals surface area contributed by atoms with E-state index in [0.717, 1.165) is 24.2 Å². The first-order valence-corrected chi connectivity index (χ1v) is 10.9. The second-order valence-corrected chi connectivity index (χ2v) is 8.08. The minimum absolute atomic E-state index is 0.0984. The van der Waals surface area contributed by atoms with Crippen LogP contribution in [0.2, 0.25) is 0 Å². The van der Waals surface area contributed by atoms with Crippen LogP contribution >= 0.6 is 0 Å². The minimum Gasteiger partial charge on any atom is -0.493 e. The number of furan rings is 1. The van der Waals surface area contributed by atoms with Crippen LogP contribution in [0.4, 0.5) is 0 Å². The molecule has 4 rings (SSSR count). The predicted molar refractivity (Wildman–Crippen MR) is 122 cm³/mol. The van der Waals surface area contributed by atoms with Gasteiger partial charge < -0.3 is 23.5 Å². The number of hydrogen-bond donors (Lipinski definition) is 0. The van der Waals surface area contributed by atoms with E-state index < -0.39 is 0 Å². The molecule has 1 amide bonds. The maximum Gasteiger partial charge on any atom is 0.289 e. The average molecular weight is 436 g/mol. The van der Waals surface area contributed by atoms with Crippen LogP contribution < -0.4 is 14.2 Å². The van der Waals surface area contributed by atoms with Crippen molar-refractivity contribution in [1.29, 1.82) is 0 Å². The second-order valence-electron chi connectivity index (χ2n) is 8.08. The van der Waals surface area contributed by atoms with E-state index in [1.165, 1.54) is 5.56 Å². The number of amides is 1. The van der Waals surface area contributed by atoms with E-state index in [1.54, 1.807) is 19.2 Å². The van der Waals surface area contributed by atoms with Crippen LogP contribution in [0, 0.1) is 13.8 Å². The van der Waals surface area contributed by atoms with Crippen LogP contribution in [0.3, 0.4) is 0 Å². The molecule has 0 aliphatic carbocycles. The SMILES string of the molecule is COc1ccccc1OCc1ccc(C(=O)N2CCC(Oc3cc(C)ccc3C)CC2)o1. The first-order valence-electron chi connectivity index (χ1n) is 10.9. The highest BCUT2D eigenvalue weighted by molar-refractivity contribution is 5.91. The smallest absolute Gasteiger partial charge is 0.289 e. The van der Waals surface area contributed by atoms with Crippen molar-refractivity contribution < 1.29 is 23.4 Å². The van der Waals surface area contributed by atoms with Gasteiger partial charge >= 0.3 is 0 Å². The zero-order valence-corrected chi connectivity index (χ0v) is 18.8. The lowest BCUT2D eigenvalue weighted by molar-refractivity contribution is 0.0562. The normalized spacial score (nSPS) is 14.3. The number of benzene rings is 2. The van der Waals surface area contributed by atoms with Crippen LogP contribution in [0.25, 0.3) is 0 Å². The van der Waals surface area contributed by atoms with Gasteiger partial charge in [-0.3, -0.25) is 4.79 Å². The van der Waals surface area contributed by atoms with E-state index in [2.05, 4.69) is 32.0 Å². The summed E-state index contributed by atoms with van der Waals surface area (Å²) in [5.74, 6) is 3.04. The Morgan fingerprint density at radius 3 is 2.50 bits per heavy atom. The van der Waals surface area contributed by atoms with E-state index in [-0.39, 0.29) is 18.6 Å². The molecule has 0 radical (unpaired) electrons. The number of carbonyl (C=O) groups excluding carboxylic acids is 1. The Labute approximate surface area is 188 Å². The summed E-state index contributed by atoms with van der Waals surface area (Å²) in [5, 5.41) is 0. The van der Waals surface area contributed by atoms with Crippen molar-refractivity contribution >= 4 is 5.91 Å². The van der Waals surface area contributed by atoms with Crippen molar-refractivity contribution in [1.82, 2.24) is 4.90 Å². The van der Waals surface area contributed by atoms with Gasteiger partial charge in [-0.25, -0.2) is 0 Å². The van der Waals surface area contributed by atoms with Crippen LogP contribution in [0.15, 0.2) is 59.0 Å². The van der Waals surface area contributed by atoms with Crippen molar-refractivity contribution in [3.63, 3.8) is 0 Å². The summed E-state index contributed by atoms with van der Waals surface area (Å²) in [6.07, 6.45) is 1.70. The van der Waals surface area contributed by atoms with E-state index >= 15 is 0 Å². The van der Waals surface area contributed by atoms with Gasteiger partial charge in [0.2, 0.25) is 0 Å². The molecule has 0 N–H and O–H groups in total. The van der Waals surface area contributed by atoms with E-state index in [9.17, 15) is 4.79 Å². The number of ether oxygens (including phenoxy) is 3. The molecule has 0 spiro atoms. The Balaban J connectivity index is 1.30. The largest absolute Gasteiger partial charge is 0.493 e. The molecule has 1 aromatic heterocycles. The Hall–Kier alpha value is -3.41. The Bertz CT molecular complexity index is 1070. The first-order chi connectivity index (χ1) is 15.5. The third-order valence-electron chi connectivity index (χ3n) is 5.68. The number of methoxy groups -OCH3 is 1. The molecule has 32 heavy (non-hydrogen) atoms. The minimum atomic E-state index is -0.0984. The molecular weight excluding hydrogens is 406 g/mol. The fraction of sp³-hybridized carbons (Fsp3) is 0.346. The molecule has 6 heteroatoms. The zero-order valence-electron chi connectivity index (χ0n) is 18.8. The Morgan fingerprint density at radius 1 is 1.00 bits per heavy atom. The fourth-order valence-electron chi connectivity index (χ4n) is 3.80. The van der Waals surface area contributed by atoms with Gasteiger partial charge in [-0.1, -0.05) is 24.3 Å². The average Bonchev–Trinajstić information content (AvgIpc) is 3.29. The van der Waals surface area contributed by atoms with Gasteiger partial charge in [0.1, 0.15) is 24.2 Å². The van der Waals surface area contributed by atoms with Gasteiger partial charge in [0.25, 0.3) is 5.91 Å². The number of hydrogen-bond acceptors (Lipinski definition) is 5. The van der Waals surface area contributed by atoms with E-state index in [4.69, 9.17) is 18.6 Å². The molecule has 168 valence electrons. The van der Waals surface area contributed by atoms with Crippen molar-refractivity contribution in [3.8, 4) is 17.2 Å². The van der Waals surface area contributed by atoms with Gasteiger partial charge in [0.05, 0.1) is 7.11 Å². The summed E-state index contributed by atoms with van der Waals surface area (Å²) in [4.78, 5) is 14.7. The number of nitrogens with zero attached hydrogens (tertiary/aromatic N) is 1. The molecular formula is C26H29NO5. The Morgan fingerprint density at radius 2 is 1.75 bits per heavy atom. The highest BCUT2D eigenvalue weighted by atomic mass is 16.5. The molecule has 2 aromatic carbocycles. The molecule has 0 bridgehead atoms. The van der Waals surface area contributed by atoms with Crippen LogP contribution in [-0.2, 0) is 6.61 Å². The van der Waals surface area contributed by atoms with E-state index in [1.807, 2.05) is 29.2 Å². The number of rotatable bonds is 7. The molecule has 0 unspecified atom stereocenters. The molecule has 0 saturated carbocycles. The number of piperidine rings is 1. The molecule has 1 fully saturated rings. The highest BCUT2D eigenvalue weighted by Gasteiger charge is 2.26. The number of aryl methyl sites for hydroxylation is 2. The Kier molecular flexibility index (Phi) is 6.69. The van der Waals surface area contributed by atoms with Crippen molar-refractivity contribution in [2.24, 2.45) is 0 Å². The summed E-state index contributed by atoms with van der Waals surface area (Å²) in [6.45, 7) is 5.62. The second kappa shape index (κ2) is 9.81. The lowest BCUT2D eigenvalue weighted by Gasteiger charge is -2.32. The standard InChI is InChI=1S/C26H29NO5/c1-18-8-9-19(2)25(16-18)31-20-12-14-27(15-13-20)26(28)24-11-10-21(32-24)17-30-23-7-5-4-6-22(23)29-3/h4-11,16,20H,12-15,17H2,1-3H3. The number of carbonyl (C=O) groups is 1. The van der Waals surface area contributed by atoms with Gasteiger partial charge in [-0.2, -0.15) is 0 Å². The van der Waals surface area contributed by atoms with Crippen molar-refractivity contribution in [3.05, 3.63) is 77.2 Å². The topological polar surface area (TPSA) is 61.1 Å². The molecule has 1 saturated heterocycles. The van der Waals surface area contributed by atoms with Gasteiger partial charge in [-0.15, -0.1) is 0 Å². The van der Waals surface area contributed by atoms with Crippen LogP contribution in [0.5, 0.6) is 17.2 Å². The molecule has 2 heterocycles. The van der Waals surface area contributed by atoms with Crippen LogP contribution in [-0.4, -0.2) is 37.1 Å². The lowest BCUT2D eigenvalue weighted by Crippen LogP contribution is -2.41. The molecule has 1 aliphatic heterocycles. The monoisotopic (exact) mass is 435 g/mol. The fourth-order valence-corrected chi connectivity index (χ4v) is 3.80. The third-order valence-corrected chi connectivity index (χ3v) is 5.68. The van der Waals surface area contributed by atoms with E-state index in [0.29, 0.717) is 36.1 Å². The molecule has 0 atom stereocenters. The maximum atomic E-state index is 12.9. The molecule has 6 nitrogen and oxygen atoms in total. The highest BCUT2D eigenvalue weighted by Crippen LogP contribution is 2.27. The third kappa shape index (κ3) is 5.07. The summed E-state index contributed by atoms with van der Waals surface area (Å²) >= 11 is 0. The van der Waals surface area contributed by atoms with Gasteiger partial charge in [-0.05, 0) is 55.3 Å². The summed E-state index contributed by atoms with van der Waals surface area (Å²) in [6, 6.07) is 17.1. The zero-order chi connectivity index (χ0) is 22.5. The maximum absolute atomic E-state index is 12.9. The summed E-state index contributed by atoms with van der Waals surface area (Å²) in [7, 11) is 1.60.